The highest BCUT2D eigenvalue weighted by Crippen LogP contribution is 2.07. The van der Waals surface area contributed by atoms with Crippen LogP contribution in [0.3, 0.4) is 0 Å². The molecule has 0 aliphatic rings. The average Bonchev–Trinajstić information content (AvgIpc) is 2.41. The summed E-state index contributed by atoms with van der Waals surface area (Å²) in [5, 5.41) is 8.63. The van der Waals surface area contributed by atoms with E-state index in [1.807, 2.05) is 6.07 Å². The minimum absolute atomic E-state index is 0.322. The third-order valence-electron chi connectivity index (χ3n) is 2.69. The quantitative estimate of drug-likeness (QED) is 0.834. The average molecular weight is 242 g/mol. The zero-order valence-electron chi connectivity index (χ0n) is 11.3. The maximum absolute atomic E-state index is 8.63. The van der Waals surface area contributed by atoms with Crippen LogP contribution in [0.5, 0.6) is 5.75 Å². The van der Waals surface area contributed by atoms with Crippen LogP contribution in [0.1, 0.15) is 31.4 Å². The highest BCUT2D eigenvalue weighted by atomic mass is 16.3. The van der Waals surface area contributed by atoms with Crippen LogP contribution < -0.4 is 0 Å². The van der Waals surface area contributed by atoms with Gasteiger partial charge in [0.25, 0.3) is 0 Å². The van der Waals surface area contributed by atoms with E-state index in [9.17, 15) is 0 Å². The number of phenols is 1. The largest absolute Gasteiger partial charge is 0.508 e. The molecule has 0 saturated heterocycles. The second kappa shape index (κ2) is 8.35. The number of phenolic OH excluding ortho intramolecular Hbond substituents is 1. The summed E-state index contributed by atoms with van der Waals surface area (Å²) in [6.07, 6.45) is 3.61. The van der Waals surface area contributed by atoms with Gasteiger partial charge in [-0.05, 0) is 36.1 Å². The van der Waals surface area contributed by atoms with Crippen LogP contribution in [0, 0.1) is 0 Å². The molecular weight excluding hydrogens is 220 g/mol. The van der Waals surface area contributed by atoms with Crippen molar-refractivity contribution >= 4 is 0 Å². The van der Waals surface area contributed by atoms with Gasteiger partial charge in [0.15, 0.2) is 0 Å². The van der Waals surface area contributed by atoms with Gasteiger partial charge in [-0.25, -0.2) is 0 Å². The summed E-state index contributed by atoms with van der Waals surface area (Å²) in [6, 6.07) is 17.6. The van der Waals surface area contributed by atoms with Gasteiger partial charge in [0.05, 0.1) is 0 Å². The summed E-state index contributed by atoms with van der Waals surface area (Å²) < 4.78 is 0. The first kappa shape index (κ1) is 14.3. The van der Waals surface area contributed by atoms with Crippen LogP contribution >= 0.6 is 0 Å². The van der Waals surface area contributed by atoms with Gasteiger partial charge in [-0.1, -0.05) is 62.7 Å². The second-order valence-electron chi connectivity index (χ2n) is 4.26. The van der Waals surface area contributed by atoms with Crippen molar-refractivity contribution in [1.82, 2.24) is 0 Å². The number of para-hydroxylation sites is 1. The topological polar surface area (TPSA) is 20.2 Å². The van der Waals surface area contributed by atoms with E-state index >= 15 is 0 Å². The molecule has 0 amide bonds. The van der Waals surface area contributed by atoms with Crippen molar-refractivity contribution < 1.29 is 5.11 Å². The van der Waals surface area contributed by atoms with E-state index < -0.39 is 0 Å². The fourth-order valence-corrected chi connectivity index (χ4v) is 1.72. The van der Waals surface area contributed by atoms with Gasteiger partial charge >= 0.3 is 0 Å². The monoisotopic (exact) mass is 242 g/mol. The lowest BCUT2D eigenvalue weighted by atomic mass is 10.1. The molecule has 0 atom stereocenters. The number of benzene rings is 2. The van der Waals surface area contributed by atoms with Crippen molar-refractivity contribution in [2.45, 2.75) is 33.1 Å². The molecule has 0 saturated carbocycles. The molecule has 0 heterocycles. The summed E-state index contributed by atoms with van der Waals surface area (Å²) >= 11 is 0. The number of hydrogen-bond donors (Lipinski definition) is 1. The van der Waals surface area contributed by atoms with Crippen molar-refractivity contribution in [2.24, 2.45) is 0 Å². The zero-order chi connectivity index (χ0) is 13.2. The maximum Gasteiger partial charge on any atom is 0.115 e. The SMILES string of the molecule is CCCc1cccc(CC)c1.Oc1ccccc1. The van der Waals surface area contributed by atoms with Crippen molar-refractivity contribution in [1.29, 1.82) is 0 Å². The Morgan fingerprint density at radius 3 is 2.00 bits per heavy atom. The predicted octanol–water partition coefficient (Wildman–Crippen LogP) is 4.59. The summed E-state index contributed by atoms with van der Waals surface area (Å²) in [5.74, 6) is 0.322. The van der Waals surface area contributed by atoms with E-state index in [0.717, 1.165) is 6.42 Å². The summed E-state index contributed by atoms with van der Waals surface area (Å²) in [7, 11) is 0. The molecular formula is C17H22O. The molecule has 0 aliphatic heterocycles. The summed E-state index contributed by atoms with van der Waals surface area (Å²) in [6.45, 7) is 4.42. The molecule has 2 rings (SSSR count). The lowest BCUT2D eigenvalue weighted by Crippen LogP contribution is -1.85. The third-order valence-corrected chi connectivity index (χ3v) is 2.69. The van der Waals surface area contributed by atoms with Crippen LogP contribution in [0.25, 0.3) is 0 Å². The Bertz CT molecular complexity index is 434. The molecule has 1 nitrogen and oxygen atoms in total. The van der Waals surface area contributed by atoms with Crippen LogP contribution in [0.4, 0.5) is 0 Å². The first-order valence-electron chi connectivity index (χ1n) is 6.58. The molecule has 0 spiro atoms. The minimum Gasteiger partial charge on any atom is -0.508 e. The van der Waals surface area contributed by atoms with Crippen LogP contribution in [-0.2, 0) is 12.8 Å². The smallest absolute Gasteiger partial charge is 0.115 e. The number of aromatic hydroxyl groups is 1. The first-order valence-corrected chi connectivity index (χ1v) is 6.58. The normalized spacial score (nSPS) is 9.44. The van der Waals surface area contributed by atoms with Crippen molar-refractivity contribution in [3.8, 4) is 5.75 Å². The van der Waals surface area contributed by atoms with E-state index in [4.69, 9.17) is 5.11 Å². The van der Waals surface area contributed by atoms with Gasteiger partial charge in [0.1, 0.15) is 5.75 Å². The van der Waals surface area contributed by atoms with Gasteiger partial charge in [-0.3, -0.25) is 0 Å². The molecule has 0 aromatic heterocycles. The van der Waals surface area contributed by atoms with Crippen LogP contribution in [0.2, 0.25) is 0 Å². The van der Waals surface area contributed by atoms with E-state index in [-0.39, 0.29) is 0 Å². The molecule has 2 aromatic rings. The molecule has 0 radical (unpaired) electrons. The van der Waals surface area contributed by atoms with Crippen LogP contribution in [-0.4, -0.2) is 5.11 Å². The van der Waals surface area contributed by atoms with Gasteiger partial charge in [0, 0.05) is 0 Å². The van der Waals surface area contributed by atoms with Gasteiger partial charge in [0.2, 0.25) is 0 Å². The highest BCUT2D eigenvalue weighted by molar-refractivity contribution is 5.23. The van der Waals surface area contributed by atoms with Crippen molar-refractivity contribution in [3.05, 3.63) is 65.7 Å². The predicted molar refractivity (Wildman–Crippen MR) is 77.9 cm³/mol. The molecule has 96 valence electrons. The minimum atomic E-state index is 0.322. The number of hydrogen-bond acceptors (Lipinski definition) is 1. The van der Waals surface area contributed by atoms with E-state index in [1.165, 1.54) is 24.0 Å². The zero-order valence-corrected chi connectivity index (χ0v) is 11.3. The second-order valence-corrected chi connectivity index (χ2v) is 4.26. The van der Waals surface area contributed by atoms with Crippen molar-refractivity contribution in [3.63, 3.8) is 0 Å². The number of rotatable bonds is 3. The molecule has 1 heteroatoms. The van der Waals surface area contributed by atoms with E-state index in [1.54, 1.807) is 24.3 Å². The Morgan fingerprint density at radius 2 is 1.50 bits per heavy atom. The first-order chi connectivity index (χ1) is 8.76. The molecule has 18 heavy (non-hydrogen) atoms. The molecule has 2 aromatic carbocycles. The van der Waals surface area contributed by atoms with Gasteiger partial charge in [-0.15, -0.1) is 0 Å². The summed E-state index contributed by atoms with van der Waals surface area (Å²) in [4.78, 5) is 0. The molecule has 0 unspecified atom stereocenters. The molecule has 0 aliphatic carbocycles. The van der Waals surface area contributed by atoms with Gasteiger partial charge < -0.3 is 5.11 Å². The Morgan fingerprint density at radius 1 is 0.833 bits per heavy atom. The van der Waals surface area contributed by atoms with Gasteiger partial charge in [-0.2, -0.15) is 0 Å². The Labute approximate surface area is 110 Å². The fourth-order valence-electron chi connectivity index (χ4n) is 1.72. The highest BCUT2D eigenvalue weighted by Gasteiger charge is 1.91. The molecule has 0 bridgehead atoms. The summed E-state index contributed by atoms with van der Waals surface area (Å²) in [5.41, 5.74) is 2.93. The van der Waals surface area contributed by atoms with E-state index in [2.05, 4.69) is 38.1 Å². The Kier molecular flexibility index (Phi) is 6.63. The lowest BCUT2D eigenvalue weighted by Gasteiger charge is -2.00. The molecule has 1 N–H and O–H groups in total. The Hall–Kier alpha value is -1.76. The lowest BCUT2D eigenvalue weighted by molar-refractivity contribution is 0.475. The van der Waals surface area contributed by atoms with Crippen molar-refractivity contribution in [2.75, 3.05) is 0 Å². The Balaban J connectivity index is 0.000000199. The fraction of sp³-hybridized carbons (Fsp3) is 0.294. The number of aryl methyl sites for hydroxylation is 2. The maximum atomic E-state index is 8.63. The third kappa shape index (κ3) is 5.53. The van der Waals surface area contributed by atoms with Crippen LogP contribution in [0.15, 0.2) is 54.6 Å². The van der Waals surface area contributed by atoms with E-state index in [0.29, 0.717) is 5.75 Å². The standard InChI is InChI=1S/C11H16.C6H6O/c1-3-6-11-8-5-7-10(4-2)9-11;7-6-4-2-1-3-5-6/h5,7-9H,3-4,6H2,1-2H3;1-5,7H. The molecule has 0 fully saturated rings.